The minimum atomic E-state index is -0.167. The fourth-order valence-electron chi connectivity index (χ4n) is 2.44. The maximum Gasteiger partial charge on any atom is 0.164 e. The first-order valence-electron chi connectivity index (χ1n) is 6.27. The van der Waals surface area contributed by atoms with Crippen LogP contribution < -0.4 is 14.2 Å². The molecule has 0 aliphatic carbocycles. The number of methoxy groups -OCH3 is 3. The average molecular weight is 268 g/mol. The summed E-state index contributed by atoms with van der Waals surface area (Å²) in [6, 6.07) is 3.64. The predicted molar refractivity (Wildman–Crippen MR) is 70.0 cm³/mol. The number of aliphatic hydroxyl groups excluding tert-OH is 1. The van der Waals surface area contributed by atoms with Crippen molar-refractivity contribution in [3.8, 4) is 17.2 Å². The summed E-state index contributed by atoms with van der Waals surface area (Å²) in [7, 11) is 4.78. The molecule has 0 spiro atoms. The molecule has 5 heteroatoms. The Kier molecular flexibility index (Phi) is 4.50. The highest BCUT2D eigenvalue weighted by Gasteiger charge is 2.32. The van der Waals surface area contributed by atoms with E-state index in [1.807, 2.05) is 6.07 Å². The van der Waals surface area contributed by atoms with Gasteiger partial charge in [-0.3, -0.25) is 0 Å². The van der Waals surface area contributed by atoms with Gasteiger partial charge in [-0.2, -0.15) is 0 Å². The van der Waals surface area contributed by atoms with E-state index in [4.69, 9.17) is 18.9 Å². The molecule has 1 aliphatic heterocycles. The van der Waals surface area contributed by atoms with Crippen molar-refractivity contribution in [1.82, 2.24) is 0 Å². The largest absolute Gasteiger partial charge is 0.496 e. The van der Waals surface area contributed by atoms with E-state index >= 15 is 0 Å². The molecule has 2 rings (SSSR count). The molecule has 0 amide bonds. The van der Waals surface area contributed by atoms with E-state index in [0.717, 1.165) is 12.0 Å². The number of benzene rings is 1. The molecule has 0 saturated carbocycles. The van der Waals surface area contributed by atoms with Crippen LogP contribution in [0.3, 0.4) is 0 Å². The Bertz CT molecular complexity index is 432. The summed E-state index contributed by atoms with van der Waals surface area (Å²) in [5.74, 6) is 2.02. The van der Waals surface area contributed by atoms with Gasteiger partial charge in [-0.1, -0.05) is 0 Å². The lowest BCUT2D eigenvalue weighted by atomic mass is 9.95. The van der Waals surface area contributed by atoms with Crippen molar-refractivity contribution in [3.63, 3.8) is 0 Å². The average Bonchev–Trinajstić information content (AvgIpc) is 2.93. The van der Waals surface area contributed by atoms with Gasteiger partial charge in [0, 0.05) is 30.8 Å². The molecular weight excluding hydrogens is 248 g/mol. The second-order valence-corrected chi connectivity index (χ2v) is 4.47. The van der Waals surface area contributed by atoms with Crippen LogP contribution in [0.15, 0.2) is 12.1 Å². The summed E-state index contributed by atoms with van der Waals surface area (Å²) in [4.78, 5) is 0. The highest BCUT2D eigenvalue weighted by atomic mass is 16.5. The molecule has 2 unspecified atom stereocenters. The maximum atomic E-state index is 9.41. The smallest absolute Gasteiger partial charge is 0.164 e. The highest BCUT2D eigenvalue weighted by Crippen LogP contribution is 2.43. The van der Waals surface area contributed by atoms with Gasteiger partial charge in [0.05, 0.1) is 27.4 Å². The van der Waals surface area contributed by atoms with Crippen LogP contribution in [-0.4, -0.2) is 39.6 Å². The Morgan fingerprint density at radius 1 is 1.11 bits per heavy atom. The SMILES string of the molecule is COc1cc(OC)c(C2OCCC2CO)cc1OC. The standard InChI is InChI=1S/C14H20O5/c1-16-11-7-13(18-3)12(17-2)6-10(11)14-9(8-15)4-5-19-14/h6-7,9,14-15H,4-5,8H2,1-3H3. The molecule has 0 radical (unpaired) electrons. The number of hydrogen-bond acceptors (Lipinski definition) is 5. The first-order chi connectivity index (χ1) is 9.24. The Morgan fingerprint density at radius 3 is 2.32 bits per heavy atom. The topological polar surface area (TPSA) is 57.2 Å². The molecule has 5 nitrogen and oxygen atoms in total. The Balaban J connectivity index is 2.43. The van der Waals surface area contributed by atoms with Crippen molar-refractivity contribution in [2.24, 2.45) is 5.92 Å². The van der Waals surface area contributed by atoms with Crippen molar-refractivity contribution in [2.75, 3.05) is 34.5 Å². The summed E-state index contributed by atoms with van der Waals surface area (Å²) < 4.78 is 21.7. The van der Waals surface area contributed by atoms with Crippen molar-refractivity contribution in [1.29, 1.82) is 0 Å². The lowest BCUT2D eigenvalue weighted by Gasteiger charge is -2.21. The van der Waals surface area contributed by atoms with Crippen molar-refractivity contribution >= 4 is 0 Å². The second kappa shape index (κ2) is 6.12. The zero-order chi connectivity index (χ0) is 13.8. The molecule has 106 valence electrons. The minimum absolute atomic E-state index is 0.0898. The minimum Gasteiger partial charge on any atom is -0.496 e. The van der Waals surface area contributed by atoms with E-state index in [0.29, 0.717) is 23.9 Å². The Morgan fingerprint density at radius 2 is 1.74 bits per heavy atom. The van der Waals surface area contributed by atoms with Gasteiger partial charge in [0.2, 0.25) is 0 Å². The molecule has 1 aromatic carbocycles. The molecule has 0 bridgehead atoms. The fraction of sp³-hybridized carbons (Fsp3) is 0.571. The molecule has 1 aromatic rings. The van der Waals surface area contributed by atoms with E-state index in [9.17, 15) is 5.11 Å². The number of ether oxygens (including phenoxy) is 4. The molecule has 1 N–H and O–H groups in total. The molecule has 1 fully saturated rings. The Labute approximate surface area is 113 Å². The van der Waals surface area contributed by atoms with Crippen LogP contribution in [0.25, 0.3) is 0 Å². The number of aliphatic hydroxyl groups is 1. The summed E-state index contributed by atoms with van der Waals surface area (Å²) in [5, 5.41) is 9.41. The van der Waals surface area contributed by atoms with Crippen LogP contribution in [0.2, 0.25) is 0 Å². The van der Waals surface area contributed by atoms with Gasteiger partial charge in [-0.25, -0.2) is 0 Å². The van der Waals surface area contributed by atoms with Gasteiger partial charge in [0.25, 0.3) is 0 Å². The second-order valence-electron chi connectivity index (χ2n) is 4.47. The van der Waals surface area contributed by atoms with Gasteiger partial charge < -0.3 is 24.1 Å². The highest BCUT2D eigenvalue weighted by molar-refractivity contribution is 5.51. The first kappa shape index (κ1) is 14.0. The van der Waals surface area contributed by atoms with Crippen molar-refractivity contribution in [3.05, 3.63) is 17.7 Å². The molecular formula is C14H20O5. The van der Waals surface area contributed by atoms with Crippen LogP contribution in [0, 0.1) is 5.92 Å². The molecule has 1 saturated heterocycles. The third kappa shape index (κ3) is 2.62. The van der Waals surface area contributed by atoms with E-state index < -0.39 is 0 Å². The summed E-state index contributed by atoms with van der Waals surface area (Å²) in [5.41, 5.74) is 0.886. The first-order valence-corrected chi connectivity index (χ1v) is 6.27. The lowest BCUT2D eigenvalue weighted by Crippen LogP contribution is -2.13. The quantitative estimate of drug-likeness (QED) is 0.882. The lowest BCUT2D eigenvalue weighted by molar-refractivity contribution is 0.0698. The van der Waals surface area contributed by atoms with E-state index in [2.05, 4.69) is 0 Å². The van der Waals surface area contributed by atoms with Crippen LogP contribution in [-0.2, 0) is 4.74 Å². The van der Waals surface area contributed by atoms with Gasteiger partial charge in [0.15, 0.2) is 11.5 Å². The third-order valence-corrected chi connectivity index (χ3v) is 3.49. The van der Waals surface area contributed by atoms with Gasteiger partial charge in [0.1, 0.15) is 5.75 Å². The van der Waals surface area contributed by atoms with E-state index in [1.54, 1.807) is 27.4 Å². The summed E-state index contributed by atoms with van der Waals surface area (Å²) in [6.45, 7) is 0.746. The van der Waals surface area contributed by atoms with Crippen LogP contribution >= 0.6 is 0 Å². The van der Waals surface area contributed by atoms with E-state index in [-0.39, 0.29) is 18.6 Å². The van der Waals surface area contributed by atoms with Gasteiger partial charge >= 0.3 is 0 Å². The van der Waals surface area contributed by atoms with Gasteiger partial charge in [-0.15, -0.1) is 0 Å². The zero-order valence-electron chi connectivity index (χ0n) is 11.5. The molecule has 2 atom stereocenters. The third-order valence-electron chi connectivity index (χ3n) is 3.49. The normalized spacial score (nSPS) is 22.3. The van der Waals surface area contributed by atoms with Gasteiger partial charge in [-0.05, 0) is 12.5 Å². The monoisotopic (exact) mass is 268 g/mol. The number of rotatable bonds is 5. The summed E-state index contributed by atoms with van der Waals surface area (Å²) in [6.07, 6.45) is 0.679. The fourth-order valence-corrected chi connectivity index (χ4v) is 2.44. The van der Waals surface area contributed by atoms with Crippen LogP contribution in [0.1, 0.15) is 18.1 Å². The molecule has 19 heavy (non-hydrogen) atoms. The molecule has 1 heterocycles. The number of hydrogen-bond donors (Lipinski definition) is 1. The zero-order valence-corrected chi connectivity index (χ0v) is 11.5. The summed E-state index contributed by atoms with van der Waals surface area (Å²) >= 11 is 0. The van der Waals surface area contributed by atoms with Crippen LogP contribution in [0.5, 0.6) is 17.2 Å². The Hall–Kier alpha value is -1.46. The van der Waals surface area contributed by atoms with Crippen LogP contribution in [0.4, 0.5) is 0 Å². The molecule has 0 aromatic heterocycles. The maximum absolute atomic E-state index is 9.41. The van der Waals surface area contributed by atoms with Crippen molar-refractivity contribution < 1.29 is 24.1 Å². The van der Waals surface area contributed by atoms with E-state index in [1.165, 1.54) is 0 Å². The van der Waals surface area contributed by atoms with Crippen molar-refractivity contribution in [2.45, 2.75) is 12.5 Å². The molecule has 1 aliphatic rings. The predicted octanol–water partition coefficient (Wildman–Crippen LogP) is 1.78.